The molecule has 2 N–H and O–H groups in total. The van der Waals surface area contributed by atoms with Crippen LogP contribution in [0.5, 0.6) is 11.5 Å². The van der Waals surface area contributed by atoms with Crippen LogP contribution in [0.1, 0.15) is 11.6 Å². The highest BCUT2D eigenvalue weighted by atomic mass is 19.4. The number of carboxylic acid groups (broad SMARTS) is 1. The van der Waals surface area contributed by atoms with Crippen molar-refractivity contribution in [1.82, 2.24) is 5.32 Å². The maximum absolute atomic E-state index is 10.6. The fraction of sp³-hybridized carbons (Fsp3) is 0.278. The standard InChI is InChI=1S/C16H17NO2.C2HF3O2/c1-2-4-14(5-3-1)19-15-8-6-13(7-9-15)16-12-18-11-10-17-16;3-2(4,5)1(6)7/h1-9,16-17H,10-12H2;(H,6,7). The SMILES string of the molecule is O=C(O)C(F)(F)F.c1ccc(Oc2ccc(C3COCCN3)cc2)cc1. The van der Waals surface area contributed by atoms with E-state index >= 15 is 0 Å². The summed E-state index contributed by atoms with van der Waals surface area (Å²) in [5, 5.41) is 10.6. The van der Waals surface area contributed by atoms with Crippen molar-refractivity contribution >= 4 is 5.97 Å². The highest BCUT2D eigenvalue weighted by Crippen LogP contribution is 2.23. The van der Waals surface area contributed by atoms with E-state index in [0.717, 1.165) is 31.3 Å². The molecule has 1 fully saturated rings. The van der Waals surface area contributed by atoms with Crippen LogP contribution in [0.25, 0.3) is 0 Å². The van der Waals surface area contributed by atoms with Crippen molar-refractivity contribution < 1.29 is 32.5 Å². The van der Waals surface area contributed by atoms with Gasteiger partial charge in [-0.2, -0.15) is 13.2 Å². The second-order valence-corrected chi connectivity index (χ2v) is 5.37. The topological polar surface area (TPSA) is 67.8 Å². The Bertz CT molecular complexity index is 684. The summed E-state index contributed by atoms with van der Waals surface area (Å²) in [6, 6.07) is 18.3. The van der Waals surface area contributed by atoms with E-state index in [1.54, 1.807) is 0 Å². The Balaban J connectivity index is 0.000000298. The molecule has 0 aromatic heterocycles. The van der Waals surface area contributed by atoms with Crippen LogP contribution in [0.15, 0.2) is 54.6 Å². The average molecular weight is 369 g/mol. The Morgan fingerprint density at radius 3 is 2.15 bits per heavy atom. The molecule has 140 valence electrons. The molecular weight excluding hydrogens is 351 g/mol. The summed E-state index contributed by atoms with van der Waals surface area (Å²) in [5.74, 6) is -1.05. The fourth-order valence-electron chi connectivity index (χ4n) is 2.17. The van der Waals surface area contributed by atoms with Gasteiger partial charge in [0, 0.05) is 6.54 Å². The monoisotopic (exact) mass is 369 g/mol. The third-order valence-electron chi connectivity index (χ3n) is 3.43. The number of halogens is 3. The van der Waals surface area contributed by atoms with Crippen LogP contribution in [0.4, 0.5) is 13.2 Å². The Labute approximate surface area is 148 Å². The van der Waals surface area contributed by atoms with Crippen molar-refractivity contribution in [3.63, 3.8) is 0 Å². The van der Waals surface area contributed by atoms with Crippen molar-refractivity contribution in [3.05, 3.63) is 60.2 Å². The molecule has 26 heavy (non-hydrogen) atoms. The minimum Gasteiger partial charge on any atom is -0.475 e. The van der Waals surface area contributed by atoms with Gasteiger partial charge in [0.15, 0.2) is 0 Å². The van der Waals surface area contributed by atoms with E-state index in [0.29, 0.717) is 6.04 Å². The lowest BCUT2D eigenvalue weighted by Gasteiger charge is -2.24. The minimum absolute atomic E-state index is 0.291. The summed E-state index contributed by atoms with van der Waals surface area (Å²) in [4.78, 5) is 8.90. The van der Waals surface area contributed by atoms with Gasteiger partial charge in [0.1, 0.15) is 11.5 Å². The minimum atomic E-state index is -5.08. The lowest BCUT2D eigenvalue weighted by Crippen LogP contribution is -2.34. The summed E-state index contributed by atoms with van der Waals surface area (Å²) < 4.78 is 43.0. The number of nitrogens with one attached hydrogen (secondary N) is 1. The molecule has 2 aromatic carbocycles. The third kappa shape index (κ3) is 6.38. The Kier molecular flexibility index (Phi) is 6.99. The van der Waals surface area contributed by atoms with Gasteiger partial charge >= 0.3 is 12.1 Å². The molecular formula is C18H18F3NO4. The van der Waals surface area contributed by atoms with Crippen molar-refractivity contribution in [2.24, 2.45) is 0 Å². The van der Waals surface area contributed by atoms with E-state index in [-0.39, 0.29) is 0 Å². The Morgan fingerprint density at radius 1 is 1.08 bits per heavy atom. The first-order chi connectivity index (χ1) is 12.4. The first-order valence-electron chi connectivity index (χ1n) is 7.80. The molecule has 2 aromatic rings. The van der Waals surface area contributed by atoms with Gasteiger partial charge in [0.2, 0.25) is 0 Å². The van der Waals surface area contributed by atoms with Gasteiger partial charge in [0.05, 0.1) is 19.3 Å². The van der Waals surface area contributed by atoms with Crippen LogP contribution in [0.2, 0.25) is 0 Å². The largest absolute Gasteiger partial charge is 0.490 e. The van der Waals surface area contributed by atoms with Crippen molar-refractivity contribution in [2.75, 3.05) is 19.8 Å². The van der Waals surface area contributed by atoms with E-state index in [1.165, 1.54) is 5.56 Å². The van der Waals surface area contributed by atoms with Gasteiger partial charge in [0.25, 0.3) is 0 Å². The number of ether oxygens (including phenoxy) is 2. The zero-order valence-corrected chi connectivity index (χ0v) is 13.7. The zero-order valence-electron chi connectivity index (χ0n) is 13.7. The van der Waals surface area contributed by atoms with Crippen LogP contribution in [0, 0.1) is 0 Å². The van der Waals surface area contributed by atoms with E-state index in [2.05, 4.69) is 17.4 Å². The summed E-state index contributed by atoms with van der Waals surface area (Å²) >= 11 is 0. The van der Waals surface area contributed by atoms with Gasteiger partial charge in [-0.3, -0.25) is 0 Å². The van der Waals surface area contributed by atoms with Crippen LogP contribution in [-0.2, 0) is 9.53 Å². The number of alkyl halides is 3. The average Bonchev–Trinajstić information content (AvgIpc) is 2.64. The molecule has 0 amide bonds. The van der Waals surface area contributed by atoms with Crippen LogP contribution < -0.4 is 10.1 Å². The molecule has 1 aliphatic heterocycles. The smallest absolute Gasteiger partial charge is 0.475 e. The number of hydrogen-bond acceptors (Lipinski definition) is 4. The molecule has 5 nitrogen and oxygen atoms in total. The molecule has 0 spiro atoms. The molecule has 0 aliphatic carbocycles. The number of rotatable bonds is 3. The molecule has 0 bridgehead atoms. The summed E-state index contributed by atoms with van der Waals surface area (Å²) in [6.45, 7) is 2.44. The molecule has 1 atom stereocenters. The van der Waals surface area contributed by atoms with Crippen LogP contribution in [0.3, 0.4) is 0 Å². The highest BCUT2D eigenvalue weighted by molar-refractivity contribution is 5.73. The third-order valence-corrected chi connectivity index (χ3v) is 3.43. The molecule has 1 heterocycles. The molecule has 3 rings (SSSR count). The fourth-order valence-corrected chi connectivity index (χ4v) is 2.17. The number of carboxylic acids is 1. The molecule has 0 saturated carbocycles. The number of para-hydroxylation sites is 1. The van der Waals surface area contributed by atoms with Crippen molar-refractivity contribution in [2.45, 2.75) is 12.2 Å². The zero-order chi connectivity index (χ0) is 19.0. The Hall–Kier alpha value is -2.58. The highest BCUT2D eigenvalue weighted by Gasteiger charge is 2.38. The molecule has 1 saturated heterocycles. The van der Waals surface area contributed by atoms with Gasteiger partial charge < -0.3 is 19.9 Å². The van der Waals surface area contributed by atoms with Crippen LogP contribution >= 0.6 is 0 Å². The lowest BCUT2D eigenvalue weighted by molar-refractivity contribution is -0.192. The maximum atomic E-state index is 10.6. The van der Waals surface area contributed by atoms with Crippen molar-refractivity contribution in [1.29, 1.82) is 0 Å². The first kappa shape index (κ1) is 19.7. The molecule has 1 unspecified atom stereocenters. The van der Waals surface area contributed by atoms with E-state index in [9.17, 15) is 13.2 Å². The summed E-state index contributed by atoms with van der Waals surface area (Å²) in [7, 11) is 0. The second kappa shape index (κ2) is 9.21. The van der Waals surface area contributed by atoms with E-state index in [1.807, 2.05) is 42.5 Å². The number of benzene rings is 2. The van der Waals surface area contributed by atoms with Crippen LogP contribution in [-0.4, -0.2) is 37.0 Å². The van der Waals surface area contributed by atoms with E-state index < -0.39 is 12.1 Å². The number of hydrogen-bond donors (Lipinski definition) is 2. The predicted octanol–water partition coefficient (Wildman–Crippen LogP) is 3.77. The maximum Gasteiger partial charge on any atom is 0.490 e. The van der Waals surface area contributed by atoms with E-state index in [4.69, 9.17) is 19.4 Å². The first-order valence-corrected chi connectivity index (χ1v) is 7.80. The number of carbonyl (C=O) groups is 1. The normalized spacial score (nSPS) is 17.0. The summed E-state index contributed by atoms with van der Waals surface area (Å²) in [6.07, 6.45) is -5.08. The van der Waals surface area contributed by atoms with Gasteiger partial charge in [-0.25, -0.2) is 4.79 Å². The van der Waals surface area contributed by atoms with Gasteiger partial charge in [-0.1, -0.05) is 30.3 Å². The number of aliphatic carboxylic acids is 1. The lowest BCUT2D eigenvalue weighted by atomic mass is 10.1. The number of morpholine rings is 1. The second-order valence-electron chi connectivity index (χ2n) is 5.37. The van der Waals surface area contributed by atoms with Gasteiger partial charge in [-0.15, -0.1) is 0 Å². The summed E-state index contributed by atoms with van der Waals surface area (Å²) in [5.41, 5.74) is 1.24. The van der Waals surface area contributed by atoms with Gasteiger partial charge in [-0.05, 0) is 29.8 Å². The van der Waals surface area contributed by atoms with Crippen molar-refractivity contribution in [3.8, 4) is 11.5 Å². The quantitative estimate of drug-likeness (QED) is 0.862. The molecule has 0 radical (unpaired) electrons. The predicted molar refractivity (Wildman–Crippen MR) is 88.2 cm³/mol. The molecule has 8 heteroatoms. The Morgan fingerprint density at radius 2 is 1.65 bits per heavy atom. The molecule has 1 aliphatic rings.